The van der Waals surface area contributed by atoms with Crippen LogP contribution >= 0.6 is 11.8 Å². The third-order valence-corrected chi connectivity index (χ3v) is 3.66. The third-order valence-electron chi connectivity index (χ3n) is 2.63. The van der Waals surface area contributed by atoms with Gasteiger partial charge in [-0.3, -0.25) is 4.68 Å². The van der Waals surface area contributed by atoms with Crippen LogP contribution in [-0.2, 0) is 19.3 Å². The maximum absolute atomic E-state index is 4.38. The van der Waals surface area contributed by atoms with Crippen LogP contribution in [0.5, 0.6) is 0 Å². The Bertz CT molecular complexity index is 493. The Labute approximate surface area is 113 Å². The van der Waals surface area contributed by atoms with Gasteiger partial charge in [-0.2, -0.15) is 5.10 Å². The molecule has 3 nitrogen and oxygen atoms in total. The van der Waals surface area contributed by atoms with E-state index in [9.17, 15) is 0 Å². The number of benzene rings is 1. The first-order valence-electron chi connectivity index (χ1n) is 6.19. The van der Waals surface area contributed by atoms with Crippen molar-refractivity contribution >= 4 is 11.8 Å². The Hall–Kier alpha value is -1.26. The van der Waals surface area contributed by atoms with Crippen molar-refractivity contribution in [2.45, 2.75) is 24.1 Å². The van der Waals surface area contributed by atoms with Crippen LogP contribution in [0, 0.1) is 0 Å². The Kier molecular flexibility index (Phi) is 4.84. The first-order chi connectivity index (χ1) is 8.78. The molecule has 0 amide bonds. The van der Waals surface area contributed by atoms with Gasteiger partial charge in [0.25, 0.3) is 0 Å². The molecule has 0 atom stereocenters. The first-order valence-corrected chi connectivity index (χ1v) is 7.17. The fourth-order valence-corrected chi connectivity index (χ4v) is 2.59. The predicted molar refractivity (Wildman–Crippen MR) is 76.6 cm³/mol. The molecule has 2 aromatic rings. The lowest BCUT2D eigenvalue weighted by atomic mass is 10.2. The summed E-state index contributed by atoms with van der Waals surface area (Å²) in [5.74, 6) is 0.922. The molecule has 1 heterocycles. The lowest BCUT2D eigenvalue weighted by Crippen LogP contribution is -2.11. The lowest BCUT2D eigenvalue weighted by Gasteiger charge is -2.05. The summed E-state index contributed by atoms with van der Waals surface area (Å²) in [5, 5.41) is 7.73. The fraction of sp³-hybridized carbons (Fsp3) is 0.357. The number of rotatable bonds is 6. The fourth-order valence-electron chi connectivity index (χ4n) is 1.71. The van der Waals surface area contributed by atoms with Crippen LogP contribution in [0.4, 0.5) is 0 Å². The van der Waals surface area contributed by atoms with Gasteiger partial charge in [0.15, 0.2) is 0 Å². The van der Waals surface area contributed by atoms with E-state index in [4.69, 9.17) is 0 Å². The highest BCUT2D eigenvalue weighted by Gasteiger charge is 2.00. The molecule has 0 bridgehead atoms. The largest absolute Gasteiger partial charge is 0.313 e. The van der Waals surface area contributed by atoms with Gasteiger partial charge in [0.1, 0.15) is 0 Å². The summed E-state index contributed by atoms with van der Waals surface area (Å²) in [6.45, 7) is 4.07. The van der Waals surface area contributed by atoms with E-state index in [1.54, 1.807) is 0 Å². The third kappa shape index (κ3) is 3.89. The van der Waals surface area contributed by atoms with E-state index in [1.165, 1.54) is 10.5 Å². The molecular weight excluding hydrogens is 242 g/mol. The van der Waals surface area contributed by atoms with Crippen LogP contribution in [0.1, 0.15) is 18.2 Å². The molecular formula is C14H19N3S. The number of hydrogen-bond donors (Lipinski definition) is 1. The minimum Gasteiger partial charge on any atom is -0.313 e. The average molecular weight is 261 g/mol. The van der Waals surface area contributed by atoms with E-state index < -0.39 is 0 Å². The second-order valence-corrected chi connectivity index (χ2v) is 5.25. The van der Waals surface area contributed by atoms with Gasteiger partial charge >= 0.3 is 0 Å². The van der Waals surface area contributed by atoms with Crippen LogP contribution in [0.2, 0.25) is 0 Å². The van der Waals surface area contributed by atoms with Crippen molar-refractivity contribution in [1.29, 1.82) is 0 Å². The quantitative estimate of drug-likeness (QED) is 0.811. The molecule has 2 rings (SSSR count). The molecule has 4 heteroatoms. The van der Waals surface area contributed by atoms with Crippen molar-refractivity contribution in [2.75, 3.05) is 6.54 Å². The van der Waals surface area contributed by atoms with Crippen LogP contribution in [-0.4, -0.2) is 16.3 Å². The molecule has 0 radical (unpaired) electrons. The van der Waals surface area contributed by atoms with Crippen molar-refractivity contribution < 1.29 is 0 Å². The van der Waals surface area contributed by atoms with E-state index in [-0.39, 0.29) is 0 Å². The lowest BCUT2D eigenvalue weighted by molar-refractivity contribution is 0.725. The summed E-state index contributed by atoms with van der Waals surface area (Å²) in [5.41, 5.74) is 2.46. The summed E-state index contributed by atoms with van der Waals surface area (Å²) in [6, 6.07) is 10.7. The second-order valence-electron chi connectivity index (χ2n) is 4.20. The van der Waals surface area contributed by atoms with Crippen LogP contribution in [0.15, 0.2) is 41.4 Å². The van der Waals surface area contributed by atoms with E-state index in [2.05, 4.69) is 47.7 Å². The van der Waals surface area contributed by atoms with Crippen LogP contribution in [0.3, 0.4) is 0 Å². The minimum atomic E-state index is 0.922. The average Bonchev–Trinajstić information content (AvgIpc) is 2.80. The molecule has 1 N–H and O–H groups in total. The van der Waals surface area contributed by atoms with E-state index >= 15 is 0 Å². The molecule has 18 heavy (non-hydrogen) atoms. The van der Waals surface area contributed by atoms with Gasteiger partial charge in [0.2, 0.25) is 0 Å². The smallest absolute Gasteiger partial charge is 0.0727 e. The van der Waals surface area contributed by atoms with Gasteiger partial charge in [-0.25, -0.2) is 0 Å². The molecule has 0 aliphatic rings. The molecule has 0 fully saturated rings. The van der Waals surface area contributed by atoms with Crippen molar-refractivity contribution in [3.8, 4) is 0 Å². The molecule has 1 aromatic heterocycles. The van der Waals surface area contributed by atoms with Gasteiger partial charge in [0.05, 0.1) is 5.69 Å². The van der Waals surface area contributed by atoms with Crippen LogP contribution in [0.25, 0.3) is 0 Å². The summed E-state index contributed by atoms with van der Waals surface area (Å²) >= 11 is 1.83. The molecule has 1 aromatic carbocycles. The number of nitrogens with one attached hydrogen (secondary N) is 1. The highest BCUT2D eigenvalue weighted by molar-refractivity contribution is 7.98. The number of thioether (sulfide) groups is 1. The topological polar surface area (TPSA) is 29.9 Å². The van der Waals surface area contributed by atoms with Crippen LogP contribution < -0.4 is 5.32 Å². The van der Waals surface area contributed by atoms with Crippen molar-refractivity contribution in [3.63, 3.8) is 0 Å². The maximum Gasteiger partial charge on any atom is 0.0727 e. The Balaban J connectivity index is 1.92. The molecule has 96 valence electrons. The minimum absolute atomic E-state index is 0.922. The molecule has 0 spiro atoms. The summed E-state index contributed by atoms with van der Waals surface area (Å²) in [6.07, 6.45) is 1.98. The molecule has 0 saturated heterocycles. The van der Waals surface area contributed by atoms with Crippen molar-refractivity contribution in [3.05, 3.63) is 47.8 Å². The number of aryl methyl sites for hydroxylation is 1. The predicted octanol–water partition coefficient (Wildman–Crippen LogP) is 2.82. The summed E-state index contributed by atoms with van der Waals surface area (Å²) in [4.78, 5) is 1.30. The molecule has 0 saturated carbocycles. The van der Waals surface area contributed by atoms with Crippen molar-refractivity contribution in [2.24, 2.45) is 7.05 Å². The second kappa shape index (κ2) is 6.61. The van der Waals surface area contributed by atoms with Gasteiger partial charge in [0, 0.05) is 30.4 Å². The normalized spacial score (nSPS) is 10.8. The molecule has 0 aliphatic heterocycles. The van der Waals surface area contributed by atoms with Gasteiger partial charge in [-0.15, -0.1) is 11.8 Å². The van der Waals surface area contributed by atoms with E-state index in [1.807, 2.05) is 29.7 Å². The highest BCUT2D eigenvalue weighted by atomic mass is 32.2. The maximum atomic E-state index is 4.38. The number of aromatic nitrogens is 2. The highest BCUT2D eigenvalue weighted by Crippen LogP contribution is 2.22. The van der Waals surface area contributed by atoms with Gasteiger partial charge < -0.3 is 5.32 Å². The Morgan fingerprint density at radius 1 is 1.33 bits per heavy atom. The zero-order valence-electron chi connectivity index (χ0n) is 10.9. The molecule has 0 aliphatic carbocycles. The standard InChI is InChI=1S/C14H19N3S/c1-3-15-10-12-5-4-6-14(9-12)18-11-13-7-8-17(2)16-13/h4-9,15H,3,10-11H2,1-2H3. The first kappa shape index (κ1) is 13.2. The molecule has 0 unspecified atom stereocenters. The van der Waals surface area contributed by atoms with E-state index in [0.717, 1.165) is 24.5 Å². The van der Waals surface area contributed by atoms with Gasteiger partial charge in [-0.05, 0) is 30.3 Å². The Morgan fingerprint density at radius 3 is 2.94 bits per heavy atom. The summed E-state index contributed by atoms with van der Waals surface area (Å²) in [7, 11) is 1.95. The van der Waals surface area contributed by atoms with Gasteiger partial charge in [-0.1, -0.05) is 19.1 Å². The number of hydrogen-bond acceptors (Lipinski definition) is 3. The zero-order chi connectivity index (χ0) is 12.8. The number of nitrogens with zero attached hydrogens (tertiary/aromatic N) is 2. The zero-order valence-corrected chi connectivity index (χ0v) is 11.7. The summed E-state index contributed by atoms with van der Waals surface area (Å²) < 4.78 is 1.84. The van der Waals surface area contributed by atoms with Crippen molar-refractivity contribution in [1.82, 2.24) is 15.1 Å². The Morgan fingerprint density at radius 2 is 2.22 bits per heavy atom. The van der Waals surface area contributed by atoms with E-state index in [0.29, 0.717) is 0 Å². The monoisotopic (exact) mass is 261 g/mol. The SMILES string of the molecule is CCNCc1cccc(SCc2ccn(C)n2)c1.